The smallest absolute Gasteiger partial charge is 0.324 e. The van der Waals surface area contributed by atoms with Gasteiger partial charge in [-0.2, -0.15) is 0 Å². The van der Waals surface area contributed by atoms with E-state index in [9.17, 15) is 14.7 Å². The highest BCUT2D eigenvalue weighted by Crippen LogP contribution is 2.23. The number of carbonyl (C=O) groups is 2. The number of aromatic hydroxyl groups is 1. The molecule has 0 aromatic heterocycles. The average molecular weight is 281 g/mol. The number of rotatable bonds is 4. The highest BCUT2D eigenvalue weighted by Gasteiger charge is 2.34. The number of Topliss-reactive ketones (excluding diaryl/α,β-unsaturated/α-hetero) is 1. The van der Waals surface area contributed by atoms with E-state index in [1.165, 1.54) is 23.9 Å². The monoisotopic (exact) mass is 281 g/mol. The molecule has 2 N–H and O–H groups in total. The molecule has 0 radical (unpaired) electrons. The fourth-order valence-electron chi connectivity index (χ4n) is 1.78. The van der Waals surface area contributed by atoms with Gasteiger partial charge in [0.15, 0.2) is 5.78 Å². The summed E-state index contributed by atoms with van der Waals surface area (Å²) in [6.07, 6.45) is 0. The summed E-state index contributed by atoms with van der Waals surface area (Å²) in [4.78, 5) is 23.7. The van der Waals surface area contributed by atoms with Crippen molar-refractivity contribution >= 4 is 23.5 Å². The minimum atomic E-state index is -0.445. The predicted molar refractivity (Wildman–Crippen MR) is 72.2 cm³/mol. The summed E-state index contributed by atoms with van der Waals surface area (Å²) in [5.74, 6) is 0.216. The van der Waals surface area contributed by atoms with Crippen molar-refractivity contribution in [2.45, 2.75) is 18.3 Å². The second-order valence-corrected chi connectivity index (χ2v) is 5.23. The first-order chi connectivity index (χ1) is 9.11. The standard InChI is InChI=1S/C13H15NO4S/c1-2-18-13(17)10-7-19-12(14-10)11(16)8-3-5-9(15)6-4-8/h3-6,10,12,14-15H,2,7H2,1H3/t10-,12?/m0/s1. The summed E-state index contributed by atoms with van der Waals surface area (Å²) in [5.41, 5.74) is 0.507. The SMILES string of the molecule is CCOC(=O)[C@@H]1CSC(C(=O)c2ccc(O)cc2)N1. The number of ether oxygens (including phenoxy) is 1. The maximum Gasteiger partial charge on any atom is 0.324 e. The quantitative estimate of drug-likeness (QED) is 0.637. The van der Waals surface area contributed by atoms with Gasteiger partial charge in [-0.3, -0.25) is 14.9 Å². The van der Waals surface area contributed by atoms with Crippen LogP contribution in [0.2, 0.25) is 0 Å². The third-order valence-electron chi connectivity index (χ3n) is 2.74. The summed E-state index contributed by atoms with van der Waals surface area (Å²) in [6, 6.07) is 5.64. The second kappa shape index (κ2) is 6.08. The number of hydrogen-bond acceptors (Lipinski definition) is 6. The molecule has 0 aliphatic carbocycles. The van der Waals surface area contributed by atoms with E-state index in [0.717, 1.165) is 0 Å². The molecule has 0 bridgehead atoms. The van der Waals surface area contributed by atoms with Gasteiger partial charge in [0, 0.05) is 11.3 Å². The van der Waals surface area contributed by atoms with E-state index in [-0.39, 0.29) is 17.5 Å². The zero-order valence-corrected chi connectivity index (χ0v) is 11.3. The minimum absolute atomic E-state index is 0.100. The third-order valence-corrected chi connectivity index (χ3v) is 3.95. The zero-order chi connectivity index (χ0) is 13.8. The Morgan fingerprint density at radius 3 is 2.74 bits per heavy atom. The number of nitrogens with one attached hydrogen (secondary N) is 1. The van der Waals surface area contributed by atoms with Crippen LogP contribution in [-0.4, -0.2) is 40.6 Å². The first kappa shape index (κ1) is 13.9. The lowest BCUT2D eigenvalue weighted by Crippen LogP contribution is -2.40. The van der Waals surface area contributed by atoms with Gasteiger partial charge in [-0.15, -0.1) is 11.8 Å². The molecule has 19 heavy (non-hydrogen) atoms. The number of thioether (sulfide) groups is 1. The van der Waals surface area contributed by atoms with Crippen LogP contribution in [0.5, 0.6) is 5.75 Å². The highest BCUT2D eigenvalue weighted by molar-refractivity contribution is 8.00. The Morgan fingerprint density at radius 1 is 1.42 bits per heavy atom. The number of benzene rings is 1. The number of phenolic OH excluding ortho intramolecular Hbond substituents is 1. The topological polar surface area (TPSA) is 75.6 Å². The molecule has 1 saturated heterocycles. The van der Waals surface area contributed by atoms with Gasteiger partial charge >= 0.3 is 5.97 Å². The summed E-state index contributed by atoms with van der Waals surface area (Å²) in [6.45, 7) is 2.08. The van der Waals surface area contributed by atoms with Crippen LogP contribution in [0, 0.1) is 0 Å². The molecule has 1 aromatic rings. The van der Waals surface area contributed by atoms with Crippen molar-refractivity contribution in [3.05, 3.63) is 29.8 Å². The number of esters is 1. The molecule has 1 aliphatic rings. The fraction of sp³-hybridized carbons (Fsp3) is 0.385. The predicted octanol–water partition coefficient (Wildman–Crippen LogP) is 1.17. The van der Waals surface area contributed by atoms with E-state index < -0.39 is 11.4 Å². The van der Waals surface area contributed by atoms with Gasteiger partial charge in [-0.05, 0) is 31.2 Å². The van der Waals surface area contributed by atoms with E-state index >= 15 is 0 Å². The average Bonchev–Trinajstić information content (AvgIpc) is 2.89. The van der Waals surface area contributed by atoms with E-state index in [1.54, 1.807) is 19.1 Å². The van der Waals surface area contributed by atoms with Crippen LogP contribution in [-0.2, 0) is 9.53 Å². The molecule has 1 heterocycles. The summed E-state index contributed by atoms with van der Waals surface area (Å²) >= 11 is 1.39. The Labute approximate surface area is 115 Å². The minimum Gasteiger partial charge on any atom is -0.508 e. The van der Waals surface area contributed by atoms with Crippen LogP contribution in [0.15, 0.2) is 24.3 Å². The van der Waals surface area contributed by atoms with Crippen LogP contribution in [0.1, 0.15) is 17.3 Å². The molecule has 6 heteroatoms. The molecule has 5 nitrogen and oxygen atoms in total. The lowest BCUT2D eigenvalue weighted by Gasteiger charge is -2.11. The maximum absolute atomic E-state index is 12.2. The number of carbonyl (C=O) groups excluding carboxylic acids is 2. The van der Waals surface area contributed by atoms with Crippen LogP contribution in [0.4, 0.5) is 0 Å². The van der Waals surface area contributed by atoms with Crippen molar-refractivity contribution in [2.24, 2.45) is 0 Å². The third kappa shape index (κ3) is 3.27. The van der Waals surface area contributed by atoms with Crippen molar-refractivity contribution in [1.29, 1.82) is 0 Å². The number of phenols is 1. The second-order valence-electron chi connectivity index (χ2n) is 4.10. The lowest BCUT2D eigenvalue weighted by atomic mass is 10.1. The van der Waals surface area contributed by atoms with Crippen molar-refractivity contribution in [2.75, 3.05) is 12.4 Å². The Bertz CT molecular complexity index is 474. The van der Waals surface area contributed by atoms with Crippen LogP contribution < -0.4 is 5.32 Å². The van der Waals surface area contributed by atoms with E-state index in [0.29, 0.717) is 17.9 Å². The van der Waals surface area contributed by atoms with Crippen molar-refractivity contribution in [3.63, 3.8) is 0 Å². The molecular weight excluding hydrogens is 266 g/mol. The maximum atomic E-state index is 12.2. The van der Waals surface area contributed by atoms with Crippen LogP contribution in [0.3, 0.4) is 0 Å². The Kier molecular flexibility index (Phi) is 4.44. The van der Waals surface area contributed by atoms with Crippen molar-refractivity contribution in [1.82, 2.24) is 5.32 Å². The molecule has 102 valence electrons. The van der Waals surface area contributed by atoms with Crippen molar-refractivity contribution < 1.29 is 19.4 Å². The van der Waals surface area contributed by atoms with Gasteiger partial charge < -0.3 is 9.84 Å². The van der Waals surface area contributed by atoms with E-state index in [4.69, 9.17) is 4.74 Å². The molecular formula is C13H15NO4S. The number of ketones is 1. The van der Waals surface area contributed by atoms with Crippen molar-refractivity contribution in [3.8, 4) is 5.75 Å². The van der Waals surface area contributed by atoms with Gasteiger partial charge in [0.1, 0.15) is 17.2 Å². The molecule has 1 aromatic carbocycles. The van der Waals surface area contributed by atoms with Crippen LogP contribution >= 0.6 is 11.8 Å². The molecule has 0 spiro atoms. The Morgan fingerprint density at radius 2 is 2.11 bits per heavy atom. The summed E-state index contributed by atoms with van der Waals surface area (Å²) in [7, 11) is 0. The molecule has 0 amide bonds. The normalized spacial score (nSPS) is 22.2. The molecule has 0 saturated carbocycles. The highest BCUT2D eigenvalue weighted by atomic mass is 32.2. The Hall–Kier alpha value is -1.53. The summed E-state index contributed by atoms with van der Waals surface area (Å²) < 4.78 is 4.92. The first-order valence-corrected chi connectivity index (χ1v) is 7.04. The summed E-state index contributed by atoms with van der Waals surface area (Å²) in [5, 5.41) is 11.7. The number of hydrogen-bond donors (Lipinski definition) is 2. The lowest BCUT2D eigenvalue weighted by molar-refractivity contribution is -0.144. The van der Waals surface area contributed by atoms with Gasteiger partial charge in [0.05, 0.1) is 6.61 Å². The van der Waals surface area contributed by atoms with Gasteiger partial charge in [-0.1, -0.05) is 0 Å². The molecule has 1 unspecified atom stereocenters. The molecule has 2 atom stereocenters. The van der Waals surface area contributed by atoms with Gasteiger partial charge in [0.25, 0.3) is 0 Å². The van der Waals surface area contributed by atoms with E-state index in [1.807, 2.05) is 0 Å². The van der Waals surface area contributed by atoms with Crippen LogP contribution in [0.25, 0.3) is 0 Å². The van der Waals surface area contributed by atoms with Gasteiger partial charge in [-0.25, -0.2) is 0 Å². The largest absolute Gasteiger partial charge is 0.508 e. The van der Waals surface area contributed by atoms with E-state index in [2.05, 4.69) is 5.32 Å². The molecule has 1 fully saturated rings. The molecule has 1 aliphatic heterocycles. The Balaban J connectivity index is 1.98. The zero-order valence-electron chi connectivity index (χ0n) is 10.5. The molecule has 2 rings (SSSR count). The fourth-order valence-corrected chi connectivity index (χ4v) is 2.94. The van der Waals surface area contributed by atoms with Gasteiger partial charge in [0.2, 0.25) is 0 Å². The first-order valence-electron chi connectivity index (χ1n) is 5.99.